The lowest BCUT2D eigenvalue weighted by molar-refractivity contribution is 0.0195. The zero-order valence-corrected chi connectivity index (χ0v) is 17.7. The highest BCUT2D eigenvalue weighted by atomic mass is 127. The number of nitrogens with zero attached hydrogens (tertiary/aromatic N) is 4. The first kappa shape index (κ1) is 20.2. The van der Waals surface area contributed by atoms with Crippen LogP contribution in [-0.4, -0.2) is 98.8 Å². The molecule has 0 spiro atoms. The Balaban J connectivity index is 0.00000208. The number of ether oxygens (including phenoxy) is 1. The maximum Gasteiger partial charge on any atom is 0.193 e. The van der Waals surface area contributed by atoms with E-state index >= 15 is 0 Å². The molecular formula is C17H34IN5O. The summed E-state index contributed by atoms with van der Waals surface area (Å²) in [5.41, 5.74) is 0. The van der Waals surface area contributed by atoms with Gasteiger partial charge in [-0.15, -0.1) is 24.0 Å². The smallest absolute Gasteiger partial charge is 0.193 e. The van der Waals surface area contributed by atoms with E-state index in [-0.39, 0.29) is 24.0 Å². The number of hydrogen-bond acceptors (Lipinski definition) is 4. The summed E-state index contributed by atoms with van der Waals surface area (Å²) < 4.78 is 5.47. The van der Waals surface area contributed by atoms with Gasteiger partial charge in [0.05, 0.1) is 13.2 Å². The van der Waals surface area contributed by atoms with Gasteiger partial charge in [0.1, 0.15) is 0 Å². The maximum atomic E-state index is 5.47. The zero-order chi connectivity index (χ0) is 16.2. The summed E-state index contributed by atoms with van der Waals surface area (Å²) in [4.78, 5) is 12.0. The van der Waals surface area contributed by atoms with Gasteiger partial charge in [0.2, 0.25) is 0 Å². The number of rotatable bonds is 5. The normalized spacial score (nSPS) is 27.2. The minimum absolute atomic E-state index is 0. The van der Waals surface area contributed by atoms with E-state index in [1.54, 1.807) is 0 Å². The fourth-order valence-corrected chi connectivity index (χ4v) is 3.73. The number of aliphatic imine (C=N–C) groups is 1. The van der Waals surface area contributed by atoms with Crippen LogP contribution >= 0.6 is 24.0 Å². The summed E-state index contributed by atoms with van der Waals surface area (Å²) in [6.07, 6.45) is 3.96. The summed E-state index contributed by atoms with van der Waals surface area (Å²) in [7, 11) is 4.15. The molecule has 0 radical (unpaired) electrons. The molecule has 140 valence electrons. The van der Waals surface area contributed by atoms with Crippen LogP contribution in [0.1, 0.15) is 26.2 Å². The van der Waals surface area contributed by atoms with Crippen LogP contribution in [0.5, 0.6) is 0 Å². The van der Waals surface area contributed by atoms with Crippen molar-refractivity contribution in [3.8, 4) is 0 Å². The molecule has 2 unspecified atom stereocenters. The zero-order valence-electron chi connectivity index (χ0n) is 15.4. The molecule has 2 aliphatic heterocycles. The molecule has 2 saturated heterocycles. The van der Waals surface area contributed by atoms with Crippen molar-refractivity contribution in [2.24, 2.45) is 4.99 Å². The summed E-state index contributed by atoms with van der Waals surface area (Å²) in [5.74, 6) is 1.07. The van der Waals surface area contributed by atoms with Gasteiger partial charge in [0, 0.05) is 57.9 Å². The number of likely N-dealkylation sites (tertiary alicyclic amines) is 1. The Morgan fingerprint density at radius 1 is 1.25 bits per heavy atom. The Hall–Kier alpha value is -0.120. The molecule has 3 fully saturated rings. The predicted octanol–water partition coefficient (Wildman–Crippen LogP) is 1.07. The van der Waals surface area contributed by atoms with Crippen LogP contribution in [0.2, 0.25) is 0 Å². The molecule has 1 saturated carbocycles. The molecule has 0 aromatic carbocycles. The Morgan fingerprint density at radius 3 is 2.58 bits per heavy atom. The fraction of sp³-hybridized carbons (Fsp3) is 0.941. The molecule has 2 atom stereocenters. The maximum absolute atomic E-state index is 5.47. The van der Waals surface area contributed by atoms with Crippen LogP contribution in [0.4, 0.5) is 0 Å². The van der Waals surface area contributed by atoms with Gasteiger partial charge in [-0.2, -0.15) is 0 Å². The number of morpholine rings is 1. The van der Waals surface area contributed by atoms with E-state index in [0.29, 0.717) is 12.1 Å². The van der Waals surface area contributed by atoms with Crippen molar-refractivity contribution in [1.82, 2.24) is 20.0 Å². The molecule has 0 bridgehead atoms. The minimum Gasteiger partial charge on any atom is -0.379 e. The van der Waals surface area contributed by atoms with Crippen molar-refractivity contribution in [2.45, 2.75) is 44.3 Å². The largest absolute Gasteiger partial charge is 0.379 e. The average Bonchev–Trinajstić information content (AvgIpc) is 3.33. The average molecular weight is 451 g/mol. The van der Waals surface area contributed by atoms with Crippen molar-refractivity contribution in [1.29, 1.82) is 0 Å². The summed E-state index contributed by atoms with van der Waals surface area (Å²) in [5, 5.41) is 3.59. The lowest BCUT2D eigenvalue weighted by Crippen LogP contribution is -2.48. The minimum atomic E-state index is 0. The third-order valence-electron chi connectivity index (χ3n) is 5.61. The summed E-state index contributed by atoms with van der Waals surface area (Å²) in [6, 6.07) is 2.02. The molecule has 0 aromatic rings. The SMILES string of the molecule is CN=C(NCC(C)N(C)C1CC1)N1CCC(N2CCOCC2)C1.I. The number of guanidine groups is 1. The number of hydrogen-bond donors (Lipinski definition) is 1. The van der Waals surface area contributed by atoms with Gasteiger partial charge in [-0.3, -0.25) is 14.8 Å². The van der Waals surface area contributed by atoms with Crippen LogP contribution in [-0.2, 0) is 4.74 Å². The van der Waals surface area contributed by atoms with Crippen molar-refractivity contribution >= 4 is 29.9 Å². The standard InChI is InChI=1S/C17H33N5O.HI/c1-14(20(3)15-4-5-15)12-19-17(18-2)22-7-6-16(13-22)21-8-10-23-11-9-21;/h14-16H,4-13H2,1-3H3,(H,18,19);1H. The molecule has 24 heavy (non-hydrogen) atoms. The van der Waals surface area contributed by atoms with Gasteiger partial charge in [-0.05, 0) is 33.2 Å². The van der Waals surface area contributed by atoms with Gasteiger partial charge < -0.3 is 15.0 Å². The van der Waals surface area contributed by atoms with Crippen LogP contribution in [0.25, 0.3) is 0 Å². The second-order valence-electron chi connectivity index (χ2n) is 7.21. The highest BCUT2D eigenvalue weighted by Crippen LogP contribution is 2.26. The Morgan fingerprint density at radius 2 is 1.96 bits per heavy atom. The second kappa shape index (κ2) is 9.54. The lowest BCUT2D eigenvalue weighted by atomic mass is 10.2. The first-order chi connectivity index (χ1) is 11.2. The predicted molar refractivity (Wildman–Crippen MR) is 109 cm³/mol. The van der Waals surface area contributed by atoms with E-state index in [1.807, 2.05) is 7.05 Å². The highest BCUT2D eigenvalue weighted by Gasteiger charge is 2.31. The topological polar surface area (TPSA) is 43.3 Å². The molecule has 3 rings (SSSR count). The van der Waals surface area contributed by atoms with Crippen molar-refractivity contribution in [3.05, 3.63) is 0 Å². The molecule has 0 amide bonds. The van der Waals surface area contributed by atoms with Gasteiger partial charge >= 0.3 is 0 Å². The van der Waals surface area contributed by atoms with Crippen LogP contribution < -0.4 is 5.32 Å². The third-order valence-corrected chi connectivity index (χ3v) is 5.61. The third kappa shape index (κ3) is 5.19. The molecule has 7 heteroatoms. The van der Waals surface area contributed by atoms with Crippen LogP contribution in [0, 0.1) is 0 Å². The number of nitrogens with one attached hydrogen (secondary N) is 1. The molecule has 1 aliphatic carbocycles. The van der Waals surface area contributed by atoms with Crippen molar-refractivity contribution < 1.29 is 4.74 Å². The Labute approximate surface area is 164 Å². The monoisotopic (exact) mass is 451 g/mol. The second-order valence-corrected chi connectivity index (χ2v) is 7.21. The first-order valence-corrected chi connectivity index (χ1v) is 9.18. The van der Waals surface area contributed by atoms with Gasteiger partial charge in [-0.1, -0.05) is 0 Å². The molecule has 6 nitrogen and oxygen atoms in total. The molecule has 0 aromatic heterocycles. The van der Waals surface area contributed by atoms with Crippen molar-refractivity contribution in [3.63, 3.8) is 0 Å². The Bertz CT molecular complexity index is 412. The Kier molecular flexibility index (Phi) is 8.03. The molecule has 3 aliphatic rings. The first-order valence-electron chi connectivity index (χ1n) is 9.18. The van der Waals surface area contributed by atoms with E-state index in [0.717, 1.165) is 57.9 Å². The van der Waals surface area contributed by atoms with E-state index < -0.39 is 0 Å². The van der Waals surface area contributed by atoms with E-state index in [4.69, 9.17) is 4.74 Å². The lowest BCUT2D eigenvalue weighted by Gasteiger charge is -2.32. The molecular weight excluding hydrogens is 417 g/mol. The van der Waals surface area contributed by atoms with Crippen LogP contribution in [0.15, 0.2) is 4.99 Å². The summed E-state index contributed by atoms with van der Waals surface area (Å²) in [6.45, 7) is 9.39. The van der Waals surface area contributed by atoms with E-state index in [1.165, 1.54) is 19.3 Å². The quantitative estimate of drug-likeness (QED) is 0.385. The fourth-order valence-electron chi connectivity index (χ4n) is 3.73. The van der Waals surface area contributed by atoms with Crippen molar-refractivity contribution in [2.75, 3.05) is 60.0 Å². The summed E-state index contributed by atoms with van der Waals surface area (Å²) >= 11 is 0. The molecule has 2 heterocycles. The number of halogens is 1. The number of likely N-dealkylation sites (N-methyl/N-ethyl adjacent to an activating group) is 1. The van der Waals surface area contributed by atoms with Gasteiger partial charge in [-0.25, -0.2) is 0 Å². The van der Waals surface area contributed by atoms with Gasteiger partial charge in [0.15, 0.2) is 5.96 Å². The van der Waals surface area contributed by atoms with E-state index in [9.17, 15) is 0 Å². The van der Waals surface area contributed by atoms with E-state index in [2.05, 4.69) is 39.0 Å². The van der Waals surface area contributed by atoms with Crippen LogP contribution in [0.3, 0.4) is 0 Å². The highest BCUT2D eigenvalue weighted by molar-refractivity contribution is 14.0. The van der Waals surface area contributed by atoms with Gasteiger partial charge in [0.25, 0.3) is 0 Å². The molecule has 1 N–H and O–H groups in total.